The summed E-state index contributed by atoms with van der Waals surface area (Å²) in [6, 6.07) is 7.57. The first-order valence-electron chi connectivity index (χ1n) is 10.1. The Morgan fingerprint density at radius 2 is 2.14 bits per heavy atom. The van der Waals surface area contributed by atoms with E-state index in [0.29, 0.717) is 13.2 Å². The molecule has 8 heteroatoms. The van der Waals surface area contributed by atoms with Crippen LogP contribution in [0.15, 0.2) is 36.9 Å². The average Bonchev–Trinajstić information content (AvgIpc) is 3.28. The fourth-order valence-electron chi connectivity index (χ4n) is 3.64. The van der Waals surface area contributed by atoms with Crippen molar-refractivity contribution in [1.29, 1.82) is 5.26 Å². The molecule has 4 rings (SSSR count). The molecule has 0 aromatic carbocycles. The Morgan fingerprint density at radius 1 is 1.31 bits per heavy atom. The van der Waals surface area contributed by atoms with Gasteiger partial charge in [0.2, 0.25) is 0 Å². The first-order valence-corrected chi connectivity index (χ1v) is 13.8. The molecule has 0 spiro atoms. The smallest absolute Gasteiger partial charge is 0.142 e. The van der Waals surface area contributed by atoms with Crippen molar-refractivity contribution < 1.29 is 4.74 Å². The van der Waals surface area contributed by atoms with E-state index in [1.807, 2.05) is 29.3 Å². The number of hydrogen-bond donors (Lipinski definition) is 1. The third-order valence-corrected chi connectivity index (χ3v) is 7.29. The number of hydrogen-bond acceptors (Lipinski definition) is 5. The van der Waals surface area contributed by atoms with Gasteiger partial charge in [-0.25, -0.2) is 4.98 Å². The molecule has 4 heterocycles. The van der Waals surface area contributed by atoms with Crippen molar-refractivity contribution in [3.8, 4) is 17.2 Å². The predicted octanol–water partition coefficient (Wildman–Crippen LogP) is 3.42. The summed E-state index contributed by atoms with van der Waals surface area (Å²) in [5, 5.41) is 18.1. The average molecular weight is 409 g/mol. The first kappa shape index (κ1) is 19.8. The number of nitriles is 1. The second-order valence-corrected chi connectivity index (χ2v) is 14.7. The van der Waals surface area contributed by atoms with E-state index in [-0.39, 0.29) is 5.54 Å². The van der Waals surface area contributed by atoms with Gasteiger partial charge in [-0.1, -0.05) is 0 Å². The number of fused-ring (bicyclic) bond motifs is 1. The zero-order chi connectivity index (χ0) is 20.5. The molecule has 7 nitrogen and oxygen atoms in total. The summed E-state index contributed by atoms with van der Waals surface area (Å²) in [4.78, 5) is 4.58. The van der Waals surface area contributed by atoms with Crippen LogP contribution in [0.2, 0.25) is 25.7 Å². The molecule has 0 amide bonds. The lowest BCUT2D eigenvalue weighted by Crippen LogP contribution is -2.60. The lowest BCUT2D eigenvalue weighted by Gasteiger charge is -2.41. The zero-order valence-corrected chi connectivity index (χ0v) is 18.4. The summed E-state index contributed by atoms with van der Waals surface area (Å²) >= 11 is 0. The summed E-state index contributed by atoms with van der Waals surface area (Å²) in [6.45, 7) is 9.93. The number of nitrogens with one attached hydrogen (secondary N) is 1. The van der Waals surface area contributed by atoms with Gasteiger partial charge in [0.1, 0.15) is 17.9 Å². The van der Waals surface area contributed by atoms with Gasteiger partial charge in [0.15, 0.2) is 0 Å². The van der Waals surface area contributed by atoms with E-state index >= 15 is 0 Å². The first-order chi connectivity index (χ1) is 13.9. The number of nitrogens with zero attached hydrogens (tertiary/aromatic N) is 5. The quantitative estimate of drug-likeness (QED) is 0.456. The van der Waals surface area contributed by atoms with Crippen LogP contribution in [0.1, 0.15) is 6.42 Å². The Labute approximate surface area is 172 Å². The van der Waals surface area contributed by atoms with Crippen molar-refractivity contribution in [2.45, 2.75) is 44.4 Å². The van der Waals surface area contributed by atoms with Crippen LogP contribution in [0.25, 0.3) is 22.2 Å². The van der Waals surface area contributed by atoms with Gasteiger partial charge < -0.3 is 14.6 Å². The van der Waals surface area contributed by atoms with E-state index in [9.17, 15) is 5.26 Å². The van der Waals surface area contributed by atoms with Crippen molar-refractivity contribution >= 4 is 19.1 Å². The normalized spacial score (nSPS) is 15.9. The van der Waals surface area contributed by atoms with E-state index in [0.717, 1.165) is 47.9 Å². The fourth-order valence-corrected chi connectivity index (χ4v) is 4.39. The molecule has 1 N–H and O–H groups in total. The Bertz CT molecular complexity index is 1040. The van der Waals surface area contributed by atoms with Gasteiger partial charge in [0.25, 0.3) is 0 Å². The predicted molar refractivity (Wildman–Crippen MR) is 116 cm³/mol. The van der Waals surface area contributed by atoms with Gasteiger partial charge in [0, 0.05) is 49.2 Å². The number of aromatic nitrogens is 4. The SMILES string of the molecule is C[Si-](C)(C)CCOCn1ccc2c(-c3cnn(C4(CC#N)CNC4)c3)ccnc21. The molecular formula is C21H28N6OSi-. The van der Waals surface area contributed by atoms with Crippen molar-refractivity contribution in [3.63, 3.8) is 0 Å². The second-order valence-electron chi connectivity index (χ2n) is 9.07. The number of pyridine rings is 1. The minimum Gasteiger partial charge on any atom is -0.364 e. The maximum atomic E-state index is 9.19. The van der Waals surface area contributed by atoms with Crippen molar-refractivity contribution in [2.75, 3.05) is 19.7 Å². The van der Waals surface area contributed by atoms with Crippen LogP contribution < -0.4 is 5.32 Å². The topological polar surface area (TPSA) is 80.7 Å². The third-order valence-electron chi connectivity index (χ3n) is 5.58. The Balaban J connectivity index is 1.55. The zero-order valence-electron chi connectivity index (χ0n) is 17.4. The Kier molecular flexibility index (Phi) is 5.30. The van der Waals surface area contributed by atoms with E-state index in [1.165, 1.54) is 0 Å². The molecule has 1 aliphatic rings. The van der Waals surface area contributed by atoms with Crippen LogP contribution >= 0.6 is 0 Å². The highest BCUT2D eigenvalue weighted by Crippen LogP contribution is 2.31. The summed E-state index contributed by atoms with van der Waals surface area (Å²) < 4.78 is 9.91. The van der Waals surface area contributed by atoms with E-state index in [2.05, 4.69) is 57.9 Å². The van der Waals surface area contributed by atoms with Crippen LogP contribution in [0, 0.1) is 11.3 Å². The van der Waals surface area contributed by atoms with Crippen molar-refractivity contribution in [3.05, 3.63) is 36.9 Å². The highest BCUT2D eigenvalue weighted by molar-refractivity contribution is 6.76. The maximum Gasteiger partial charge on any atom is 0.142 e. The molecule has 153 valence electrons. The van der Waals surface area contributed by atoms with Crippen LogP contribution in [0.5, 0.6) is 0 Å². The lowest BCUT2D eigenvalue weighted by atomic mass is 9.89. The van der Waals surface area contributed by atoms with Crippen LogP contribution in [0.3, 0.4) is 0 Å². The van der Waals surface area contributed by atoms with Gasteiger partial charge in [-0.2, -0.15) is 30.0 Å². The molecular weight excluding hydrogens is 380 g/mol. The molecule has 3 aromatic rings. The molecule has 0 radical (unpaired) electrons. The van der Waals surface area contributed by atoms with Gasteiger partial charge >= 0.3 is 0 Å². The maximum absolute atomic E-state index is 9.19. The summed E-state index contributed by atoms with van der Waals surface area (Å²) in [6.07, 6.45) is 8.26. The van der Waals surface area contributed by atoms with Crippen LogP contribution in [-0.2, 0) is 17.0 Å². The molecule has 0 unspecified atom stereocenters. The molecule has 3 aromatic heterocycles. The fraction of sp³-hybridized carbons (Fsp3) is 0.476. The van der Waals surface area contributed by atoms with Gasteiger partial charge in [-0.15, -0.1) is 14.1 Å². The molecule has 0 bridgehead atoms. The molecule has 1 saturated heterocycles. The van der Waals surface area contributed by atoms with Crippen molar-refractivity contribution in [1.82, 2.24) is 24.6 Å². The minimum absolute atomic E-state index is 0.227. The largest absolute Gasteiger partial charge is 0.364 e. The van der Waals surface area contributed by atoms with E-state index in [1.54, 1.807) is 0 Å². The molecule has 29 heavy (non-hydrogen) atoms. The van der Waals surface area contributed by atoms with Gasteiger partial charge in [0.05, 0.1) is 18.7 Å². The van der Waals surface area contributed by atoms with Crippen LogP contribution in [-0.4, -0.2) is 47.1 Å². The molecule has 0 atom stereocenters. The van der Waals surface area contributed by atoms with Gasteiger partial charge in [-0.05, 0) is 17.7 Å². The molecule has 1 aliphatic heterocycles. The number of ether oxygens (including phenoxy) is 1. The molecule has 0 saturated carbocycles. The lowest BCUT2D eigenvalue weighted by molar-refractivity contribution is 0.0899. The Hall–Kier alpha value is -2.47. The number of rotatable bonds is 8. The highest BCUT2D eigenvalue weighted by Gasteiger charge is 2.39. The summed E-state index contributed by atoms with van der Waals surface area (Å²) in [5.41, 5.74) is 2.83. The molecule has 1 fully saturated rings. The Morgan fingerprint density at radius 3 is 2.83 bits per heavy atom. The van der Waals surface area contributed by atoms with E-state index < -0.39 is 8.07 Å². The van der Waals surface area contributed by atoms with E-state index in [4.69, 9.17) is 4.74 Å². The van der Waals surface area contributed by atoms with Gasteiger partial charge in [-0.3, -0.25) is 4.68 Å². The minimum atomic E-state index is -1.09. The van der Waals surface area contributed by atoms with Crippen molar-refractivity contribution in [2.24, 2.45) is 0 Å². The monoisotopic (exact) mass is 408 g/mol. The second kappa shape index (κ2) is 7.75. The summed E-state index contributed by atoms with van der Waals surface area (Å²) in [7, 11) is -1.09. The molecule has 0 aliphatic carbocycles. The van der Waals surface area contributed by atoms with Crippen LogP contribution in [0.4, 0.5) is 0 Å². The highest BCUT2D eigenvalue weighted by atomic mass is 28.3. The standard InChI is InChI=1S/C21H28N6OSi/c1-29(2,3)11-10-28-16-26-9-5-19-18(4-8-24-20(19)26)17-12-25-27(13-17)21(6-7-22)14-23-15-21/h4-5,8-9,12-13,23H,6,10-11,14-16H2,1-3H3/q-1. The summed E-state index contributed by atoms with van der Waals surface area (Å²) in [5.74, 6) is 0. The third kappa shape index (κ3) is 3.99.